The van der Waals surface area contributed by atoms with Gasteiger partial charge in [0.2, 0.25) is 0 Å². The summed E-state index contributed by atoms with van der Waals surface area (Å²) in [6, 6.07) is 8.45. The number of ether oxygens (including phenoxy) is 1. The van der Waals surface area contributed by atoms with E-state index in [9.17, 15) is 9.59 Å². The molecule has 11 nitrogen and oxygen atoms in total. The van der Waals surface area contributed by atoms with Crippen molar-refractivity contribution in [1.29, 1.82) is 0 Å². The lowest BCUT2D eigenvalue weighted by Gasteiger charge is -2.38. The van der Waals surface area contributed by atoms with Crippen molar-refractivity contribution >= 4 is 45.4 Å². The molecule has 4 heterocycles. The molecule has 4 aromatic rings. The van der Waals surface area contributed by atoms with Gasteiger partial charge in [-0.25, -0.2) is 24.4 Å². The largest absolute Gasteiger partial charge is 0.444 e. The maximum Gasteiger partial charge on any atom is 0.410 e. The van der Waals surface area contributed by atoms with E-state index in [0.717, 1.165) is 0 Å². The molecule has 1 aliphatic heterocycles. The van der Waals surface area contributed by atoms with Gasteiger partial charge in [0.05, 0.1) is 40.6 Å². The lowest BCUT2D eigenvalue weighted by Crippen LogP contribution is -2.57. The first-order valence-corrected chi connectivity index (χ1v) is 12.8. The molecule has 0 radical (unpaired) electrons. The standard InChI is InChI=1S/C26H29ClN8O3/c1-16(31-22-21-19(29-15-30-22)9-6-10-28-21)23-32-18-8-5-7-17(27)20(18)24(36)35(23)34-13-11-33(12-14-34)25(37)38-26(2,3)4/h5-10,15-16H,11-14H2,1-4H3,(H,29,30,31)/t16-/m0/s1. The highest BCUT2D eigenvalue weighted by atomic mass is 35.5. The maximum atomic E-state index is 13.9. The molecule has 198 valence electrons. The fraction of sp³-hybridized carbons (Fsp3) is 0.385. The molecule has 0 spiro atoms. The molecule has 1 N–H and O–H groups in total. The fourth-order valence-electron chi connectivity index (χ4n) is 4.43. The van der Waals surface area contributed by atoms with Crippen LogP contribution >= 0.6 is 11.6 Å². The third-order valence-electron chi connectivity index (χ3n) is 6.18. The number of halogens is 1. The van der Waals surface area contributed by atoms with E-state index in [2.05, 4.69) is 20.3 Å². The molecule has 0 aliphatic carbocycles. The number of nitrogens with one attached hydrogen (secondary N) is 1. The van der Waals surface area contributed by atoms with Crippen LogP contribution in [0, 0.1) is 0 Å². The number of pyridine rings is 1. The van der Waals surface area contributed by atoms with Crippen LogP contribution in [0.1, 0.15) is 39.6 Å². The van der Waals surface area contributed by atoms with Gasteiger partial charge in [0.25, 0.3) is 5.56 Å². The van der Waals surface area contributed by atoms with E-state index in [1.54, 1.807) is 34.0 Å². The molecule has 1 aliphatic rings. The lowest BCUT2D eigenvalue weighted by atomic mass is 10.2. The number of benzene rings is 1. The number of carbonyl (C=O) groups excluding carboxylic acids is 1. The Bertz CT molecular complexity index is 1550. The summed E-state index contributed by atoms with van der Waals surface area (Å²) in [4.78, 5) is 46.0. The molecule has 1 aromatic carbocycles. The molecule has 1 saturated heterocycles. The molecule has 12 heteroatoms. The smallest absolute Gasteiger partial charge is 0.410 e. The minimum Gasteiger partial charge on any atom is -0.444 e. The van der Waals surface area contributed by atoms with Gasteiger partial charge in [0, 0.05) is 19.3 Å². The quantitative estimate of drug-likeness (QED) is 0.416. The van der Waals surface area contributed by atoms with Crippen LogP contribution in [0.4, 0.5) is 10.6 Å². The minimum atomic E-state index is -0.585. The average Bonchev–Trinajstić information content (AvgIpc) is 2.88. The SMILES string of the molecule is C[C@H](Nc1ncnc2cccnc12)c1nc2cccc(Cl)c2c(=O)n1N1CCN(C(=O)OC(C)(C)C)CC1. The molecule has 38 heavy (non-hydrogen) atoms. The molecule has 1 amide bonds. The van der Waals surface area contributed by atoms with E-state index < -0.39 is 11.6 Å². The second-order valence-corrected chi connectivity index (χ2v) is 10.5. The van der Waals surface area contributed by atoms with Crippen molar-refractivity contribution in [2.75, 3.05) is 36.5 Å². The third kappa shape index (κ3) is 5.06. The molecule has 0 saturated carbocycles. The number of nitrogens with zero attached hydrogens (tertiary/aromatic N) is 7. The van der Waals surface area contributed by atoms with Crippen LogP contribution in [0.15, 0.2) is 47.7 Å². The zero-order valence-electron chi connectivity index (χ0n) is 21.7. The predicted molar refractivity (Wildman–Crippen MR) is 146 cm³/mol. The predicted octanol–water partition coefficient (Wildman–Crippen LogP) is 3.75. The Balaban J connectivity index is 1.51. The minimum absolute atomic E-state index is 0.277. The first kappa shape index (κ1) is 25.7. The number of hydrogen-bond donors (Lipinski definition) is 1. The highest BCUT2D eigenvalue weighted by molar-refractivity contribution is 6.35. The number of carbonyl (C=O) groups is 1. The van der Waals surface area contributed by atoms with Crippen molar-refractivity contribution in [3.63, 3.8) is 0 Å². The molecule has 0 bridgehead atoms. The van der Waals surface area contributed by atoms with Crippen LogP contribution in [0.5, 0.6) is 0 Å². The fourth-order valence-corrected chi connectivity index (χ4v) is 4.68. The van der Waals surface area contributed by atoms with Gasteiger partial charge in [-0.1, -0.05) is 17.7 Å². The Morgan fingerprint density at radius 1 is 1.05 bits per heavy atom. The number of rotatable bonds is 4. The summed E-state index contributed by atoms with van der Waals surface area (Å²) in [5.41, 5.74) is 0.955. The Morgan fingerprint density at radius 2 is 1.79 bits per heavy atom. The first-order valence-electron chi connectivity index (χ1n) is 12.4. The number of piperazine rings is 1. The van der Waals surface area contributed by atoms with E-state index in [0.29, 0.717) is 64.8 Å². The summed E-state index contributed by atoms with van der Waals surface area (Å²) < 4.78 is 7.09. The Hall–Kier alpha value is -3.99. The zero-order chi connectivity index (χ0) is 27.0. The Morgan fingerprint density at radius 3 is 2.53 bits per heavy atom. The van der Waals surface area contributed by atoms with E-state index in [1.807, 2.05) is 44.8 Å². The highest BCUT2D eigenvalue weighted by Gasteiger charge is 2.29. The summed E-state index contributed by atoms with van der Waals surface area (Å²) in [6.07, 6.45) is 2.77. The average molecular weight is 537 g/mol. The highest BCUT2D eigenvalue weighted by Crippen LogP contribution is 2.25. The van der Waals surface area contributed by atoms with Crippen LogP contribution in [0.2, 0.25) is 5.02 Å². The molecular formula is C26H29ClN8O3. The van der Waals surface area contributed by atoms with Crippen LogP contribution in [0.25, 0.3) is 21.9 Å². The van der Waals surface area contributed by atoms with Crippen LogP contribution in [-0.2, 0) is 4.74 Å². The van der Waals surface area contributed by atoms with E-state index >= 15 is 0 Å². The van der Waals surface area contributed by atoms with E-state index in [-0.39, 0.29) is 11.7 Å². The monoisotopic (exact) mass is 536 g/mol. The molecular weight excluding hydrogens is 508 g/mol. The van der Waals surface area contributed by atoms with Crippen LogP contribution in [0.3, 0.4) is 0 Å². The van der Waals surface area contributed by atoms with Crippen molar-refractivity contribution in [1.82, 2.24) is 29.5 Å². The topological polar surface area (TPSA) is 118 Å². The molecule has 5 rings (SSSR count). The van der Waals surface area contributed by atoms with Gasteiger partial charge < -0.3 is 20.0 Å². The number of aromatic nitrogens is 5. The van der Waals surface area contributed by atoms with Gasteiger partial charge in [-0.3, -0.25) is 9.78 Å². The van der Waals surface area contributed by atoms with Crippen LogP contribution in [-0.4, -0.2) is 67.4 Å². The molecule has 1 fully saturated rings. The van der Waals surface area contributed by atoms with Crippen molar-refractivity contribution in [3.8, 4) is 0 Å². The van der Waals surface area contributed by atoms with Crippen molar-refractivity contribution in [2.24, 2.45) is 0 Å². The van der Waals surface area contributed by atoms with Crippen molar-refractivity contribution in [3.05, 3.63) is 64.1 Å². The number of amides is 1. The van der Waals surface area contributed by atoms with Gasteiger partial charge in [-0.05, 0) is 52.0 Å². The molecule has 1 atom stereocenters. The van der Waals surface area contributed by atoms with Gasteiger partial charge in [0.1, 0.15) is 17.4 Å². The van der Waals surface area contributed by atoms with Crippen LogP contribution < -0.4 is 15.9 Å². The maximum absolute atomic E-state index is 13.9. The number of anilines is 1. The van der Waals surface area contributed by atoms with E-state index in [4.69, 9.17) is 21.3 Å². The summed E-state index contributed by atoms with van der Waals surface area (Å²) in [7, 11) is 0. The second kappa shape index (κ2) is 10.1. The van der Waals surface area contributed by atoms with Gasteiger partial charge >= 0.3 is 6.09 Å². The lowest BCUT2D eigenvalue weighted by molar-refractivity contribution is 0.0231. The first-order chi connectivity index (χ1) is 18.1. The summed E-state index contributed by atoms with van der Waals surface area (Å²) in [5.74, 6) is 1.02. The number of fused-ring (bicyclic) bond motifs is 2. The Kier molecular flexibility index (Phi) is 6.78. The van der Waals surface area contributed by atoms with Crippen molar-refractivity contribution in [2.45, 2.75) is 39.3 Å². The van der Waals surface area contributed by atoms with Gasteiger partial charge in [-0.2, -0.15) is 0 Å². The summed E-state index contributed by atoms with van der Waals surface area (Å²) in [5, 5.41) is 5.93. The molecule has 3 aromatic heterocycles. The van der Waals surface area contributed by atoms with Crippen molar-refractivity contribution < 1.29 is 9.53 Å². The second-order valence-electron chi connectivity index (χ2n) is 10.1. The Labute approximate surface area is 224 Å². The third-order valence-corrected chi connectivity index (χ3v) is 6.49. The number of hydrogen-bond acceptors (Lipinski definition) is 9. The zero-order valence-corrected chi connectivity index (χ0v) is 22.4. The van der Waals surface area contributed by atoms with E-state index in [1.165, 1.54) is 6.33 Å². The summed E-state index contributed by atoms with van der Waals surface area (Å²) in [6.45, 7) is 9.02. The van der Waals surface area contributed by atoms with Gasteiger partial charge in [-0.15, -0.1) is 0 Å². The summed E-state index contributed by atoms with van der Waals surface area (Å²) >= 11 is 6.44. The van der Waals surface area contributed by atoms with Gasteiger partial charge in [0.15, 0.2) is 11.6 Å². The normalized spacial score (nSPS) is 15.1. The molecule has 0 unspecified atom stereocenters.